The number of aromatic hydroxyl groups is 3. The Hall–Kier alpha value is -2.16. The summed E-state index contributed by atoms with van der Waals surface area (Å²) in [6.45, 7) is 3.71. The minimum Gasteiger partial charge on any atom is -0.504 e. The Balaban J connectivity index is 2.77. The van der Waals surface area contributed by atoms with Crippen LogP contribution in [0.5, 0.6) is 17.2 Å². The minimum absolute atomic E-state index is 0.281. The van der Waals surface area contributed by atoms with Gasteiger partial charge in [-0.1, -0.05) is 24.3 Å². The Kier molecular flexibility index (Phi) is 2.68. The molecule has 3 heteroatoms. The number of phenols is 3. The molecule has 0 unspecified atom stereocenters. The van der Waals surface area contributed by atoms with Gasteiger partial charge >= 0.3 is 0 Å². The number of phenolic OH excluding ortho intramolecular Hbond substituents is 3. The maximum absolute atomic E-state index is 9.93. The van der Waals surface area contributed by atoms with Crippen molar-refractivity contribution in [1.82, 2.24) is 0 Å². The van der Waals surface area contributed by atoms with Crippen LogP contribution in [0.15, 0.2) is 30.3 Å². The third-order valence-electron chi connectivity index (χ3n) is 2.87. The van der Waals surface area contributed by atoms with Crippen LogP contribution in [0.1, 0.15) is 11.1 Å². The van der Waals surface area contributed by atoms with Crippen LogP contribution in [0.3, 0.4) is 0 Å². The fraction of sp³-hybridized carbons (Fsp3) is 0.143. The first-order valence-corrected chi connectivity index (χ1v) is 5.33. The normalized spacial score (nSPS) is 10.5. The van der Waals surface area contributed by atoms with Gasteiger partial charge in [0.15, 0.2) is 11.5 Å². The Morgan fingerprint density at radius 3 is 2.12 bits per heavy atom. The molecular formula is C14H14O3. The minimum atomic E-state index is -0.478. The summed E-state index contributed by atoms with van der Waals surface area (Å²) in [7, 11) is 0. The highest BCUT2D eigenvalue weighted by atomic mass is 16.3. The highest BCUT2D eigenvalue weighted by Gasteiger charge is 2.16. The Labute approximate surface area is 99.6 Å². The maximum atomic E-state index is 9.93. The summed E-state index contributed by atoms with van der Waals surface area (Å²) < 4.78 is 0. The summed E-state index contributed by atoms with van der Waals surface area (Å²) in [6.07, 6.45) is 0. The molecule has 2 aromatic rings. The highest BCUT2D eigenvalue weighted by Crippen LogP contribution is 2.45. The van der Waals surface area contributed by atoms with E-state index in [0.29, 0.717) is 11.1 Å². The van der Waals surface area contributed by atoms with E-state index in [1.165, 1.54) is 6.07 Å². The molecule has 0 atom stereocenters. The molecule has 0 aliphatic heterocycles. The lowest BCUT2D eigenvalue weighted by atomic mass is 9.95. The molecule has 0 spiro atoms. The summed E-state index contributed by atoms with van der Waals surface area (Å²) in [5.74, 6) is -1.07. The molecule has 88 valence electrons. The van der Waals surface area contributed by atoms with Gasteiger partial charge in [-0.2, -0.15) is 0 Å². The summed E-state index contributed by atoms with van der Waals surface area (Å²) in [6, 6.07) is 9.01. The van der Waals surface area contributed by atoms with Crippen molar-refractivity contribution in [2.24, 2.45) is 0 Å². The Bertz CT molecular complexity index is 574. The molecule has 0 amide bonds. The molecule has 2 rings (SSSR count). The van der Waals surface area contributed by atoms with Gasteiger partial charge < -0.3 is 15.3 Å². The average molecular weight is 230 g/mol. The molecule has 0 radical (unpaired) electrons. The molecule has 0 heterocycles. The van der Waals surface area contributed by atoms with Gasteiger partial charge in [0.2, 0.25) is 5.75 Å². The predicted octanol–water partition coefficient (Wildman–Crippen LogP) is 3.09. The highest BCUT2D eigenvalue weighted by molar-refractivity contribution is 5.80. The first kappa shape index (κ1) is 11.3. The maximum Gasteiger partial charge on any atom is 0.200 e. The molecule has 0 aliphatic carbocycles. The number of hydrogen-bond donors (Lipinski definition) is 3. The van der Waals surface area contributed by atoms with E-state index < -0.39 is 5.75 Å². The molecule has 17 heavy (non-hydrogen) atoms. The zero-order valence-electron chi connectivity index (χ0n) is 9.73. The second kappa shape index (κ2) is 4.01. The van der Waals surface area contributed by atoms with Crippen molar-refractivity contribution in [3.05, 3.63) is 41.5 Å². The van der Waals surface area contributed by atoms with Crippen molar-refractivity contribution in [3.63, 3.8) is 0 Å². The van der Waals surface area contributed by atoms with Crippen LogP contribution in [0.4, 0.5) is 0 Å². The first-order chi connectivity index (χ1) is 8.02. The van der Waals surface area contributed by atoms with Gasteiger partial charge in [-0.25, -0.2) is 0 Å². The van der Waals surface area contributed by atoms with E-state index in [-0.39, 0.29) is 11.5 Å². The van der Waals surface area contributed by atoms with Gasteiger partial charge in [0, 0.05) is 5.56 Å². The van der Waals surface area contributed by atoms with E-state index in [0.717, 1.165) is 11.1 Å². The fourth-order valence-corrected chi connectivity index (χ4v) is 1.97. The quantitative estimate of drug-likeness (QED) is 0.660. The van der Waals surface area contributed by atoms with Crippen molar-refractivity contribution in [1.29, 1.82) is 0 Å². The zero-order valence-corrected chi connectivity index (χ0v) is 9.73. The van der Waals surface area contributed by atoms with E-state index in [2.05, 4.69) is 0 Å². The lowest BCUT2D eigenvalue weighted by molar-refractivity contribution is 0.368. The molecule has 0 bridgehead atoms. The zero-order chi connectivity index (χ0) is 12.6. The molecule has 2 aromatic carbocycles. The van der Waals surface area contributed by atoms with Gasteiger partial charge in [0.1, 0.15) is 0 Å². The second-order valence-electron chi connectivity index (χ2n) is 4.10. The van der Waals surface area contributed by atoms with Crippen molar-refractivity contribution >= 4 is 0 Å². The average Bonchev–Trinajstić information content (AvgIpc) is 2.29. The lowest BCUT2D eigenvalue weighted by Crippen LogP contribution is -1.88. The summed E-state index contributed by atoms with van der Waals surface area (Å²) in [4.78, 5) is 0. The largest absolute Gasteiger partial charge is 0.504 e. The molecule has 3 N–H and O–H groups in total. The van der Waals surface area contributed by atoms with Crippen LogP contribution in [-0.4, -0.2) is 15.3 Å². The number of aryl methyl sites for hydroxylation is 2. The Morgan fingerprint density at radius 2 is 1.47 bits per heavy atom. The number of hydrogen-bond acceptors (Lipinski definition) is 3. The van der Waals surface area contributed by atoms with Crippen LogP contribution in [0, 0.1) is 13.8 Å². The molecule has 0 saturated carbocycles. The molecule has 0 aliphatic rings. The summed E-state index contributed by atoms with van der Waals surface area (Å²) in [5, 5.41) is 28.9. The standard InChI is InChI=1S/C14H14O3/c1-8-5-3-4-6-10(8)12-9(2)7-11(15)13(16)14(12)17/h3-7,15-17H,1-2H3. The molecular weight excluding hydrogens is 216 g/mol. The third kappa shape index (κ3) is 1.80. The molecule has 0 saturated heterocycles. The topological polar surface area (TPSA) is 60.7 Å². The van der Waals surface area contributed by atoms with Crippen LogP contribution in [-0.2, 0) is 0 Å². The smallest absolute Gasteiger partial charge is 0.200 e. The van der Waals surface area contributed by atoms with Gasteiger partial charge in [0.25, 0.3) is 0 Å². The predicted molar refractivity (Wildman–Crippen MR) is 66.3 cm³/mol. The molecule has 0 fully saturated rings. The number of rotatable bonds is 1. The SMILES string of the molecule is Cc1ccccc1-c1c(C)cc(O)c(O)c1O. The summed E-state index contributed by atoms with van der Waals surface area (Å²) >= 11 is 0. The molecule has 0 aromatic heterocycles. The van der Waals surface area contributed by atoms with Gasteiger partial charge in [-0.15, -0.1) is 0 Å². The summed E-state index contributed by atoms with van der Waals surface area (Å²) in [5.41, 5.74) is 3.11. The van der Waals surface area contributed by atoms with E-state index in [9.17, 15) is 15.3 Å². The Morgan fingerprint density at radius 1 is 0.824 bits per heavy atom. The van der Waals surface area contributed by atoms with Crippen molar-refractivity contribution < 1.29 is 15.3 Å². The van der Waals surface area contributed by atoms with Crippen molar-refractivity contribution in [2.75, 3.05) is 0 Å². The monoisotopic (exact) mass is 230 g/mol. The first-order valence-electron chi connectivity index (χ1n) is 5.33. The van der Waals surface area contributed by atoms with Crippen LogP contribution >= 0.6 is 0 Å². The van der Waals surface area contributed by atoms with Gasteiger partial charge in [0.05, 0.1) is 0 Å². The van der Waals surface area contributed by atoms with Gasteiger partial charge in [-0.05, 0) is 36.6 Å². The van der Waals surface area contributed by atoms with Crippen molar-refractivity contribution in [2.45, 2.75) is 13.8 Å². The van der Waals surface area contributed by atoms with E-state index in [1.807, 2.05) is 31.2 Å². The van der Waals surface area contributed by atoms with Gasteiger partial charge in [-0.3, -0.25) is 0 Å². The fourth-order valence-electron chi connectivity index (χ4n) is 1.97. The van der Waals surface area contributed by atoms with Crippen molar-refractivity contribution in [3.8, 4) is 28.4 Å². The van der Waals surface area contributed by atoms with E-state index >= 15 is 0 Å². The van der Waals surface area contributed by atoms with E-state index in [1.54, 1.807) is 6.92 Å². The van der Waals surface area contributed by atoms with Crippen LogP contribution in [0.25, 0.3) is 11.1 Å². The second-order valence-corrected chi connectivity index (χ2v) is 4.10. The van der Waals surface area contributed by atoms with Crippen LogP contribution in [0.2, 0.25) is 0 Å². The third-order valence-corrected chi connectivity index (χ3v) is 2.87. The number of benzene rings is 2. The van der Waals surface area contributed by atoms with Crippen LogP contribution < -0.4 is 0 Å². The lowest BCUT2D eigenvalue weighted by Gasteiger charge is -2.13. The molecule has 3 nitrogen and oxygen atoms in total. The van der Waals surface area contributed by atoms with E-state index in [4.69, 9.17) is 0 Å².